The van der Waals surface area contributed by atoms with Crippen LogP contribution in [0.1, 0.15) is 38.8 Å². The molecule has 2 N–H and O–H groups in total. The zero-order chi connectivity index (χ0) is 50.7. The van der Waals surface area contributed by atoms with E-state index in [0.29, 0.717) is 27.4 Å². The van der Waals surface area contributed by atoms with Crippen LogP contribution in [0, 0.1) is 20.2 Å². The van der Waals surface area contributed by atoms with E-state index < -0.39 is 69.7 Å². The van der Waals surface area contributed by atoms with Crippen LogP contribution in [-0.2, 0) is 76.4 Å². The highest BCUT2D eigenvalue weighted by Gasteiger charge is 2.52. The van der Waals surface area contributed by atoms with E-state index in [2.05, 4.69) is 0 Å². The Bertz CT molecular complexity index is 2730. The number of carboxylic acid groups (broad SMARTS) is 1. The Morgan fingerprint density at radius 3 is 1.26 bits per heavy atom. The third kappa shape index (κ3) is 12.3. The summed E-state index contributed by atoms with van der Waals surface area (Å²) in [6, 6.07) is 28.6. The Balaban J connectivity index is 0.000000249. The summed E-state index contributed by atoms with van der Waals surface area (Å²) in [6.45, 7) is 4.89. The number of carboxylic acids is 1. The molecule has 21 heteroatoms. The van der Waals surface area contributed by atoms with Gasteiger partial charge in [-0.1, -0.05) is 72.8 Å². The van der Waals surface area contributed by atoms with E-state index in [1.165, 1.54) is 45.8 Å². The van der Waals surface area contributed by atoms with Crippen molar-refractivity contribution < 1.29 is 72.5 Å². The minimum atomic E-state index is -2.00. The van der Waals surface area contributed by atoms with Gasteiger partial charge in [0.05, 0.1) is 64.7 Å². The zero-order valence-electron chi connectivity index (χ0n) is 38.0. The number of hydrogen-bond acceptors (Lipinski definition) is 16. The second kappa shape index (κ2) is 24.9. The number of fused-ring (bicyclic) bond motifs is 2. The summed E-state index contributed by atoms with van der Waals surface area (Å²) in [6.07, 6.45) is 3.06. The van der Waals surface area contributed by atoms with Crippen molar-refractivity contribution in [3.05, 3.63) is 153 Å². The molecule has 0 saturated carbocycles. The number of carbonyl (C=O) groups excluding carboxylic acids is 5. The first-order valence-electron chi connectivity index (χ1n) is 21.3. The first kappa shape index (κ1) is 53.2. The molecular formula is C48H50N4O17. The van der Waals surface area contributed by atoms with E-state index in [1.54, 1.807) is 113 Å². The zero-order valence-corrected chi connectivity index (χ0v) is 38.0. The third-order valence-electron chi connectivity index (χ3n) is 10.3. The number of aliphatic hydroxyl groups excluding tert-OH is 1. The molecule has 0 unspecified atom stereocenters. The number of hydrogen-bond donors (Lipinski definition) is 2. The quantitative estimate of drug-likeness (QED) is 0.0317. The molecule has 0 saturated heterocycles. The minimum Gasteiger partial charge on any atom is -0.480 e. The SMILES string of the molecule is CCOC(=O)C(CO)(C(=O)OCC)c1ccccc1.CCOC(=O)C(COC(=O)Cn1ccc2c([N+](=O)[O-])cccc21)(C(=O)OCC)c1ccccc1.O=C(O)Cn1ccc2c([N+](=O)[O-])cccc21. The molecule has 0 bridgehead atoms. The van der Waals surface area contributed by atoms with E-state index in [-0.39, 0.29) is 56.5 Å². The lowest BCUT2D eigenvalue weighted by atomic mass is 9.81. The van der Waals surface area contributed by atoms with Gasteiger partial charge in [-0.2, -0.15) is 0 Å². The maximum Gasteiger partial charge on any atom is 0.331 e. The van der Waals surface area contributed by atoms with Crippen LogP contribution in [0.2, 0.25) is 0 Å². The van der Waals surface area contributed by atoms with Crippen molar-refractivity contribution in [2.24, 2.45) is 0 Å². The normalized spacial score (nSPS) is 10.9. The number of rotatable bonds is 19. The molecule has 0 fully saturated rings. The molecule has 21 nitrogen and oxygen atoms in total. The number of nitro benzene ring substituents is 2. The molecule has 364 valence electrons. The Kier molecular flexibility index (Phi) is 19.2. The standard InChI is InChI=1S/C24H24N2O8.C14H18O5.C10H8N2O4/c1-3-32-22(28)24(23(29)33-4-2,17-9-6-5-7-10-17)16-34-21(27)15-25-14-13-18-19(25)11-8-12-20(18)26(30)31;1-3-18-12(16)14(10-15,13(17)19-4-2)11-8-6-5-7-9-11;13-10(14)6-11-5-4-7-8(11)2-1-3-9(7)12(15)16/h5-14H,3-4,15-16H2,1-2H3;5-9,15H,3-4,10H2,1-2H3;1-5H,6H2,(H,13,14). The number of benzene rings is 4. The lowest BCUT2D eigenvalue weighted by molar-refractivity contribution is -0.383. The number of ether oxygens (including phenoxy) is 5. The van der Waals surface area contributed by atoms with E-state index in [9.17, 15) is 54.1 Å². The number of carbonyl (C=O) groups is 6. The van der Waals surface area contributed by atoms with Gasteiger partial charge in [0.15, 0.2) is 0 Å². The topological polar surface area (TPSA) is 285 Å². The van der Waals surface area contributed by atoms with Gasteiger partial charge < -0.3 is 43.0 Å². The van der Waals surface area contributed by atoms with Crippen molar-refractivity contribution in [1.29, 1.82) is 0 Å². The van der Waals surface area contributed by atoms with Gasteiger partial charge in [0.25, 0.3) is 11.4 Å². The smallest absolute Gasteiger partial charge is 0.331 e. The van der Waals surface area contributed by atoms with Crippen molar-refractivity contribution in [2.45, 2.75) is 51.6 Å². The fraction of sp³-hybridized carbons (Fsp3) is 0.292. The first-order chi connectivity index (χ1) is 33.1. The predicted octanol–water partition coefficient (Wildman–Crippen LogP) is 5.83. The molecule has 0 atom stereocenters. The summed E-state index contributed by atoms with van der Waals surface area (Å²) in [5, 5.41) is 41.1. The molecule has 0 aliphatic carbocycles. The number of aliphatic carboxylic acids is 1. The average molecular weight is 955 g/mol. The molecule has 6 aromatic rings. The molecule has 4 aromatic carbocycles. The lowest BCUT2D eigenvalue weighted by Crippen LogP contribution is -2.50. The fourth-order valence-corrected chi connectivity index (χ4v) is 7.05. The van der Waals surface area contributed by atoms with Crippen molar-refractivity contribution in [1.82, 2.24) is 9.13 Å². The number of nitro groups is 2. The van der Waals surface area contributed by atoms with Crippen LogP contribution in [0.3, 0.4) is 0 Å². The van der Waals surface area contributed by atoms with Gasteiger partial charge in [-0.15, -0.1) is 0 Å². The van der Waals surface area contributed by atoms with Gasteiger partial charge in [-0.05, 0) is 63.1 Å². The van der Waals surface area contributed by atoms with Crippen LogP contribution >= 0.6 is 0 Å². The maximum atomic E-state index is 13.0. The number of esters is 5. The molecule has 0 aliphatic rings. The molecule has 0 aliphatic heterocycles. The summed E-state index contributed by atoms with van der Waals surface area (Å²) in [4.78, 5) is 94.6. The summed E-state index contributed by atoms with van der Waals surface area (Å²) < 4.78 is 28.5. The van der Waals surface area contributed by atoms with Crippen molar-refractivity contribution in [3.8, 4) is 0 Å². The molecule has 0 spiro atoms. The Morgan fingerprint density at radius 1 is 0.522 bits per heavy atom. The predicted molar refractivity (Wildman–Crippen MR) is 246 cm³/mol. The number of aliphatic hydroxyl groups is 1. The molecular weight excluding hydrogens is 905 g/mol. The number of aromatic nitrogens is 2. The Morgan fingerprint density at radius 2 is 0.899 bits per heavy atom. The highest BCUT2D eigenvalue weighted by Crippen LogP contribution is 2.31. The molecule has 2 heterocycles. The average Bonchev–Trinajstić information content (AvgIpc) is 3.94. The van der Waals surface area contributed by atoms with E-state index in [1.807, 2.05) is 0 Å². The van der Waals surface area contributed by atoms with Crippen LogP contribution in [0.25, 0.3) is 21.8 Å². The lowest BCUT2D eigenvalue weighted by Gasteiger charge is -2.29. The molecule has 69 heavy (non-hydrogen) atoms. The highest BCUT2D eigenvalue weighted by atomic mass is 16.6. The van der Waals surface area contributed by atoms with Crippen LogP contribution in [0.15, 0.2) is 122 Å². The highest BCUT2D eigenvalue weighted by molar-refractivity contribution is 6.07. The van der Waals surface area contributed by atoms with Gasteiger partial charge in [0.1, 0.15) is 19.7 Å². The van der Waals surface area contributed by atoms with Gasteiger partial charge in [0, 0.05) is 24.5 Å². The van der Waals surface area contributed by atoms with Crippen molar-refractivity contribution in [2.75, 3.05) is 39.6 Å². The molecule has 2 aromatic heterocycles. The Labute approximate surface area is 394 Å². The van der Waals surface area contributed by atoms with Gasteiger partial charge in [0.2, 0.25) is 10.8 Å². The van der Waals surface area contributed by atoms with Crippen LogP contribution in [-0.4, -0.2) is 105 Å². The maximum absolute atomic E-state index is 13.0. The summed E-state index contributed by atoms with van der Waals surface area (Å²) >= 11 is 0. The van der Waals surface area contributed by atoms with Crippen LogP contribution in [0.5, 0.6) is 0 Å². The van der Waals surface area contributed by atoms with E-state index >= 15 is 0 Å². The van der Waals surface area contributed by atoms with E-state index in [4.69, 9.17) is 28.8 Å². The summed E-state index contributed by atoms with van der Waals surface area (Å²) in [5.41, 5.74) is -2.27. The fourth-order valence-electron chi connectivity index (χ4n) is 7.05. The van der Waals surface area contributed by atoms with Crippen molar-refractivity contribution in [3.63, 3.8) is 0 Å². The molecule has 0 amide bonds. The van der Waals surface area contributed by atoms with Crippen molar-refractivity contribution >= 4 is 69.0 Å². The molecule has 0 radical (unpaired) electrons. The van der Waals surface area contributed by atoms with Gasteiger partial charge >= 0.3 is 35.8 Å². The van der Waals surface area contributed by atoms with Crippen LogP contribution < -0.4 is 0 Å². The number of nitrogens with zero attached hydrogens (tertiary/aromatic N) is 4. The Hall–Kier alpha value is -8.46. The minimum absolute atomic E-state index is 0.00883. The second-order valence-electron chi connectivity index (χ2n) is 14.5. The number of non-ortho nitro benzene ring substituents is 2. The van der Waals surface area contributed by atoms with Gasteiger partial charge in [-0.25, -0.2) is 0 Å². The first-order valence-corrected chi connectivity index (χ1v) is 21.3. The van der Waals surface area contributed by atoms with Crippen LogP contribution in [0.4, 0.5) is 11.4 Å². The van der Waals surface area contributed by atoms with E-state index in [0.717, 1.165) is 0 Å². The summed E-state index contributed by atoms with van der Waals surface area (Å²) in [7, 11) is 0. The largest absolute Gasteiger partial charge is 0.480 e. The monoisotopic (exact) mass is 954 g/mol. The van der Waals surface area contributed by atoms with Gasteiger partial charge in [-0.3, -0.25) is 49.0 Å². The molecule has 6 rings (SSSR count). The second-order valence-corrected chi connectivity index (χ2v) is 14.5. The third-order valence-corrected chi connectivity index (χ3v) is 10.3. The summed E-state index contributed by atoms with van der Waals surface area (Å²) in [5.74, 6) is -5.13.